The molecule has 2 aliphatic rings. The summed E-state index contributed by atoms with van der Waals surface area (Å²) in [6.07, 6.45) is 7.75. The molecule has 0 bridgehead atoms. The van der Waals surface area contributed by atoms with Crippen molar-refractivity contribution in [2.24, 2.45) is 5.92 Å². The van der Waals surface area contributed by atoms with Crippen molar-refractivity contribution in [3.8, 4) is 0 Å². The minimum atomic E-state index is -0.488. The van der Waals surface area contributed by atoms with E-state index in [1.165, 1.54) is 32.1 Å². The summed E-state index contributed by atoms with van der Waals surface area (Å²) in [7, 11) is 0. The smallest absolute Gasteiger partial charge is 0.243 e. The zero-order valence-electron chi connectivity index (χ0n) is 13.4. The minimum absolute atomic E-state index is 0.211. The molecule has 2 fully saturated rings. The Bertz CT molecular complexity index is 472. The van der Waals surface area contributed by atoms with E-state index >= 15 is 0 Å². The van der Waals surface area contributed by atoms with Gasteiger partial charge in [-0.1, -0.05) is 18.0 Å². The Hall–Kier alpha value is -0.940. The number of nitrogens with zero attached hydrogens (tertiary/aromatic N) is 2. The van der Waals surface area contributed by atoms with E-state index in [-0.39, 0.29) is 6.04 Å². The first-order valence-electron chi connectivity index (χ1n) is 8.34. The molecule has 1 saturated heterocycles. The van der Waals surface area contributed by atoms with Crippen molar-refractivity contribution in [2.45, 2.75) is 77.0 Å². The van der Waals surface area contributed by atoms with Gasteiger partial charge in [0.15, 0.2) is 0 Å². The summed E-state index contributed by atoms with van der Waals surface area (Å²) in [4.78, 5) is 4.60. The highest BCUT2D eigenvalue weighted by molar-refractivity contribution is 5.02. The molecule has 3 rings (SSSR count). The second-order valence-electron chi connectivity index (χ2n) is 6.85. The number of piperidine rings is 1. The van der Waals surface area contributed by atoms with Gasteiger partial charge < -0.3 is 14.6 Å². The molecule has 5 heteroatoms. The van der Waals surface area contributed by atoms with Gasteiger partial charge >= 0.3 is 0 Å². The van der Waals surface area contributed by atoms with E-state index in [0.29, 0.717) is 18.5 Å². The van der Waals surface area contributed by atoms with E-state index in [0.717, 1.165) is 18.2 Å². The Balaban J connectivity index is 1.69. The number of hydrogen-bond donors (Lipinski definition) is 1. The molecule has 21 heavy (non-hydrogen) atoms. The molecular weight excluding hydrogens is 266 g/mol. The van der Waals surface area contributed by atoms with Crippen molar-refractivity contribution in [3.63, 3.8) is 0 Å². The first-order valence-corrected chi connectivity index (χ1v) is 8.34. The van der Waals surface area contributed by atoms with Gasteiger partial charge in [0, 0.05) is 12.6 Å². The van der Waals surface area contributed by atoms with E-state index in [9.17, 15) is 0 Å². The molecule has 5 nitrogen and oxygen atoms in total. The van der Waals surface area contributed by atoms with Gasteiger partial charge in [0.1, 0.15) is 5.60 Å². The maximum absolute atomic E-state index is 5.70. The normalized spacial score (nSPS) is 30.1. The van der Waals surface area contributed by atoms with Crippen LogP contribution >= 0.6 is 0 Å². The summed E-state index contributed by atoms with van der Waals surface area (Å²) in [6, 6.07) is 0.843. The van der Waals surface area contributed by atoms with Crippen LogP contribution in [0.5, 0.6) is 0 Å². The molecule has 1 aliphatic carbocycles. The van der Waals surface area contributed by atoms with Crippen molar-refractivity contribution >= 4 is 0 Å². The van der Waals surface area contributed by atoms with E-state index in [1.807, 2.05) is 20.8 Å². The summed E-state index contributed by atoms with van der Waals surface area (Å²) in [6.45, 7) is 6.59. The van der Waals surface area contributed by atoms with Gasteiger partial charge in [0.05, 0.1) is 6.04 Å². The quantitative estimate of drug-likeness (QED) is 0.922. The molecule has 118 valence electrons. The SMILES string of the molecule is CCOC(C)(C)c1noc(C2CCC3CCCCC3N2)n1. The Morgan fingerprint density at radius 2 is 2.05 bits per heavy atom. The second-order valence-corrected chi connectivity index (χ2v) is 6.85. The third-order valence-corrected chi connectivity index (χ3v) is 4.93. The lowest BCUT2D eigenvalue weighted by atomic mass is 9.78. The molecule has 0 radical (unpaired) electrons. The van der Waals surface area contributed by atoms with Crippen LogP contribution in [0.3, 0.4) is 0 Å². The van der Waals surface area contributed by atoms with Gasteiger partial charge in [-0.3, -0.25) is 0 Å². The molecular formula is C16H27N3O2. The van der Waals surface area contributed by atoms with Crippen LogP contribution in [0.1, 0.15) is 77.1 Å². The lowest BCUT2D eigenvalue weighted by Crippen LogP contribution is -2.44. The Morgan fingerprint density at radius 3 is 2.86 bits per heavy atom. The molecule has 1 aliphatic heterocycles. The Labute approximate surface area is 126 Å². The molecule has 1 saturated carbocycles. The number of hydrogen-bond acceptors (Lipinski definition) is 5. The molecule has 0 amide bonds. The second kappa shape index (κ2) is 6.05. The highest BCUT2D eigenvalue weighted by atomic mass is 16.5. The van der Waals surface area contributed by atoms with Crippen LogP contribution < -0.4 is 5.32 Å². The number of ether oxygens (including phenoxy) is 1. The largest absolute Gasteiger partial charge is 0.368 e. The van der Waals surface area contributed by atoms with Crippen molar-refractivity contribution < 1.29 is 9.26 Å². The average molecular weight is 293 g/mol. The van der Waals surface area contributed by atoms with Gasteiger partial charge in [-0.25, -0.2) is 0 Å². The Kier molecular flexibility index (Phi) is 4.31. The maximum Gasteiger partial charge on any atom is 0.243 e. The van der Waals surface area contributed by atoms with Crippen LogP contribution in [0.4, 0.5) is 0 Å². The van der Waals surface area contributed by atoms with Crippen LogP contribution in [0.2, 0.25) is 0 Å². The average Bonchev–Trinajstić information content (AvgIpc) is 2.97. The van der Waals surface area contributed by atoms with Crippen LogP contribution in [-0.4, -0.2) is 22.8 Å². The fourth-order valence-corrected chi connectivity index (χ4v) is 3.74. The van der Waals surface area contributed by atoms with Crippen molar-refractivity contribution in [3.05, 3.63) is 11.7 Å². The van der Waals surface area contributed by atoms with E-state index in [2.05, 4.69) is 15.5 Å². The van der Waals surface area contributed by atoms with Crippen LogP contribution in [0.15, 0.2) is 4.52 Å². The fourth-order valence-electron chi connectivity index (χ4n) is 3.74. The lowest BCUT2D eigenvalue weighted by Gasteiger charge is -2.39. The molecule has 1 aromatic heterocycles. The topological polar surface area (TPSA) is 60.2 Å². The highest BCUT2D eigenvalue weighted by Crippen LogP contribution is 2.36. The number of rotatable bonds is 4. The van der Waals surface area contributed by atoms with E-state index < -0.39 is 5.60 Å². The van der Waals surface area contributed by atoms with Crippen molar-refractivity contribution in [1.29, 1.82) is 0 Å². The third-order valence-electron chi connectivity index (χ3n) is 4.93. The Morgan fingerprint density at radius 1 is 1.24 bits per heavy atom. The molecule has 1 aromatic rings. The van der Waals surface area contributed by atoms with E-state index in [1.54, 1.807) is 0 Å². The predicted octanol–water partition coefficient (Wildman–Crippen LogP) is 3.32. The monoisotopic (exact) mass is 293 g/mol. The standard InChI is InChI=1S/C16H27N3O2/c1-4-20-16(2,3)15-18-14(21-19-15)13-10-9-11-7-5-6-8-12(11)17-13/h11-13,17H,4-10H2,1-3H3. The number of fused-ring (bicyclic) bond motifs is 1. The summed E-state index contributed by atoms with van der Waals surface area (Å²) in [5.41, 5.74) is -0.488. The first kappa shape index (κ1) is 15.0. The number of aromatic nitrogens is 2. The lowest BCUT2D eigenvalue weighted by molar-refractivity contribution is -0.0221. The third kappa shape index (κ3) is 3.14. The summed E-state index contributed by atoms with van der Waals surface area (Å²) in [5.74, 6) is 2.21. The van der Waals surface area contributed by atoms with Gasteiger partial charge in [0.2, 0.25) is 11.7 Å². The van der Waals surface area contributed by atoms with Crippen molar-refractivity contribution in [1.82, 2.24) is 15.5 Å². The molecule has 0 aromatic carbocycles. The zero-order chi connectivity index (χ0) is 14.9. The molecule has 0 spiro atoms. The van der Waals surface area contributed by atoms with Gasteiger partial charge in [-0.2, -0.15) is 4.98 Å². The molecule has 2 heterocycles. The van der Waals surface area contributed by atoms with Gasteiger partial charge in [-0.15, -0.1) is 0 Å². The molecule has 3 unspecified atom stereocenters. The van der Waals surface area contributed by atoms with E-state index in [4.69, 9.17) is 9.26 Å². The molecule has 3 atom stereocenters. The van der Waals surface area contributed by atoms with Crippen LogP contribution in [0.25, 0.3) is 0 Å². The summed E-state index contributed by atoms with van der Waals surface area (Å²) >= 11 is 0. The summed E-state index contributed by atoms with van der Waals surface area (Å²) < 4.78 is 11.2. The number of nitrogens with one attached hydrogen (secondary N) is 1. The maximum atomic E-state index is 5.70. The zero-order valence-corrected chi connectivity index (χ0v) is 13.4. The van der Waals surface area contributed by atoms with Crippen LogP contribution in [-0.2, 0) is 10.3 Å². The first-order chi connectivity index (χ1) is 10.1. The fraction of sp³-hybridized carbons (Fsp3) is 0.875. The summed E-state index contributed by atoms with van der Waals surface area (Å²) in [5, 5.41) is 7.87. The van der Waals surface area contributed by atoms with Crippen LogP contribution in [0, 0.1) is 5.92 Å². The van der Waals surface area contributed by atoms with Gasteiger partial charge in [0.25, 0.3) is 0 Å². The minimum Gasteiger partial charge on any atom is -0.368 e. The highest BCUT2D eigenvalue weighted by Gasteiger charge is 2.35. The van der Waals surface area contributed by atoms with Crippen molar-refractivity contribution in [2.75, 3.05) is 6.61 Å². The van der Waals surface area contributed by atoms with Gasteiger partial charge in [-0.05, 0) is 52.4 Å². The predicted molar refractivity (Wildman–Crippen MR) is 79.8 cm³/mol. The molecule has 1 N–H and O–H groups in total.